The van der Waals surface area contributed by atoms with Gasteiger partial charge in [0.15, 0.2) is 0 Å². The van der Waals surface area contributed by atoms with Gasteiger partial charge in [-0.3, -0.25) is 0 Å². The van der Waals surface area contributed by atoms with E-state index in [9.17, 15) is 5.11 Å². The maximum Gasteiger partial charge on any atom is 0.0916 e. The summed E-state index contributed by atoms with van der Waals surface area (Å²) < 4.78 is 0. The second-order valence-corrected chi connectivity index (χ2v) is 6.55. The van der Waals surface area contributed by atoms with Crippen molar-refractivity contribution in [3.8, 4) is 0 Å². The molecule has 3 aliphatic rings. The molecule has 0 bridgehead atoms. The van der Waals surface area contributed by atoms with E-state index in [1.54, 1.807) is 0 Å². The van der Waals surface area contributed by atoms with Gasteiger partial charge in [0.25, 0.3) is 0 Å². The Bertz CT molecular complexity index is 288. The predicted molar refractivity (Wildman–Crippen MR) is 70.8 cm³/mol. The number of hydrogen-bond donors (Lipinski definition) is 1. The van der Waals surface area contributed by atoms with Crippen molar-refractivity contribution < 1.29 is 5.11 Å². The molecule has 1 nitrogen and oxygen atoms in total. The Morgan fingerprint density at radius 3 is 2.59 bits per heavy atom. The Hall–Kier alpha value is -0.460. The zero-order valence-corrected chi connectivity index (χ0v) is 10.9. The van der Waals surface area contributed by atoms with Gasteiger partial charge in [0, 0.05) is 5.92 Å². The van der Waals surface area contributed by atoms with Gasteiger partial charge in [-0.05, 0) is 49.5 Å². The van der Waals surface area contributed by atoms with Gasteiger partial charge in [-0.2, -0.15) is 0 Å². The molecule has 96 valence electrons. The molecule has 3 atom stereocenters. The molecule has 0 radical (unpaired) electrons. The largest absolute Gasteiger partial charge is 0.512 e. The molecule has 0 aromatic rings. The molecule has 3 aliphatic carbocycles. The number of fused-ring (bicyclic) bond motifs is 1. The van der Waals surface area contributed by atoms with Crippen LogP contribution in [-0.2, 0) is 0 Å². The van der Waals surface area contributed by atoms with Gasteiger partial charge in [0.2, 0.25) is 0 Å². The van der Waals surface area contributed by atoms with Crippen LogP contribution >= 0.6 is 0 Å². The molecular formula is C16H26O. The Kier molecular flexibility index (Phi) is 3.44. The van der Waals surface area contributed by atoms with Crippen LogP contribution in [0.3, 0.4) is 0 Å². The van der Waals surface area contributed by atoms with Crippen LogP contribution in [0.2, 0.25) is 0 Å². The minimum Gasteiger partial charge on any atom is -0.512 e. The Morgan fingerprint density at radius 1 is 0.941 bits per heavy atom. The molecule has 0 spiro atoms. The predicted octanol–water partition coefficient (Wildman–Crippen LogP) is 4.83. The first-order chi connectivity index (χ1) is 8.34. The third kappa shape index (κ3) is 2.39. The summed E-state index contributed by atoms with van der Waals surface area (Å²) in [5.74, 6) is 3.94. The van der Waals surface area contributed by atoms with Crippen LogP contribution in [0.1, 0.15) is 64.2 Å². The Morgan fingerprint density at radius 2 is 1.76 bits per heavy atom. The lowest BCUT2D eigenvalue weighted by atomic mass is 9.89. The monoisotopic (exact) mass is 234 g/mol. The molecule has 0 aliphatic heterocycles. The summed E-state index contributed by atoms with van der Waals surface area (Å²) in [6, 6.07) is 0. The van der Waals surface area contributed by atoms with Crippen molar-refractivity contribution in [3.63, 3.8) is 0 Å². The third-order valence-corrected chi connectivity index (χ3v) is 5.60. The van der Waals surface area contributed by atoms with Crippen LogP contribution in [0.4, 0.5) is 0 Å². The maximum atomic E-state index is 10.3. The van der Waals surface area contributed by atoms with Crippen molar-refractivity contribution in [3.05, 3.63) is 11.8 Å². The molecule has 0 saturated heterocycles. The summed E-state index contributed by atoms with van der Waals surface area (Å²) in [6.45, 7) is 0. The Labute approximate surface area is 105 Å². The van der Waals surface area contributed by atoms with Crippen LogP contribution in [0.5, 0.6) is 0 Å². The van der Waals surface area contributed by atoms with Gasteiger partial charge < -0.3 is 5.11 Å². The van der Waals surface area contributed by atoms with Gasteiger partial charge in [0.05, 0.1) is 5.76 Å². The summed E-state index contributed by atoms with van der Waals surface area (Å²) >= 11 is 0. The molecule has 3 fully saturated rings. The van der Waals surface area contributed by atoms with Crippen molar-refractivity contribution in [2.45, 2.75) is 64.2 Å². The smallest absolute Gasteiger partial charge is 0.0916 e. The van der Waals surface area contributed by atoms with E-state index in [0.717, 1.165) is 29.9 Å². The summed E-state index contributed by atoms with van der Waals surface area (Å²) in [5.41, 5.74) is 0. The van der Waals surface area contributed by atoms with E-state index in [2.05, 4.69) is 6.08 Å². The fourth-order valence-corrected chi connectivity index (χ4v) is 4.61. The van der Waals surface area contributed by atoms with E-state index in [-0.39, 0.29) is 0 Å². The molecule has 3 unspecified atom stereocenters. The molecule has 1 heteroatoms. The second kappa shape index (κ2) is 5.04. The van der Waals surface area contributed by atoms with Gasteiger partial charge in [-0.15, -0.1) is 0 Å². The van der Waals surface area contributed by atoms with Crippen LogP contribution in [0, 0.1) is 23.7 Å². The van der Waals surface area contributed by atoms with Gasteiger partial charge in [-0.25, -0.2) is 0 Å². The highest BCUT2D eigenvalue weighted by Gasteiger charge is 2.40. The van der Waals surface area contributed by atoms with E-state index >= 15 is 0 Å². The van der Waals surface area contributed by atoms with Crippen molar-refractivity contribution in [2.24, 2.45) is 23.7 Å². The number of rotatable bonds is 3. The molecule has 0 aromatic carbocycles. The SMILES string of the molecule is OC(=CCC1CCCC1)C1CCC2CCCC21. The highest BCUT2D eigenvalue weighted by Crippen LogP contribution is 2.49. The van der Waals surface area contributed by atoms with E-state index in [4.69, 9.17) is 0 Å². The summed E-state index contributed by atoms with van der Waals surface area (Å²) in [5, 5.41) is 10.3. The van der Waals surface area contributed by atoms with Crippen molar-refractivity contribution in [2.75, 3.05) is 0 Å². The number of aliphatic hydroxyl groups is 1. The average molecular weight is 234 g/mol. The fraction of sp³-hybridized carbons (Fsp3) is 0.875. The first kappa shape index (κ1) is 11.6. The molecule has 0 amide bonds. The number of allylic oxidation sites excluding steroid dienone is 2. The first-order valence-electron chi connectivity index (χ1n) is 7.73. The lowest BCUT2D eigenvalue weighted by Crippen LogP contribution is -2.12. The molecular weight excluding hydrogens is 208 g/mol. The molecule has 0 aromatic heterocycles. The quantitative estimate of drug-likeness (QED) is 0.693. The van der Waals surface area contributed by atoms with E-state index in [0.29, 0.717) is 5.92 Å². The maximum absolute atomic E-state index is 10.3. The second-order valence-electron chi connectivity index (χ2n) is 6.55. The minimum atomic E-state index is 0.531. The van der Waals surface area contributed by atoms with Gasteiger partial charge in [0.1, 0.15) is 0 Å². The molecule has 17 heavy (non-hydrogen) atoms. The number of aliphatic hydroxyl groups excluding tert-OH is 1. The van der Waals surface area contributed by atoms with Crippen LogP contribution < -0.4 is 0 Å². The van der Waals surface area contributed by atoms with E-state index in [1.165, 1.54) is 57.8 Å². The minimum absolute atomic E-state index is 0.531. The van der Waals surface area contributed by atoms with Crippen molar-refractivity contribution >= 4 is 0 Å². The molecule has 3 rings (SSSR count). The topological polar surface area (TPSA) is 20.2 Å². The Balaban J connectivity index is 1.57. The normalized spacial score (nSPS) is 38.8. The van der Waals surface area contributed by atoms with E-state index < -0.39 is 0 Å². The first-order valence-corrected chi connectivity index (χ1v) is 7.73. The van der Waals surface area contributed by atoms with Gasteiger partial charge >= 0.3 is 0 Å². The molecule has 1 N–H and O–H groups in total. The standard InChI is InChI=1S/C16H26O/c17-16(11-8-12-4-1-2-5-12)15-10-9-13-6-3-7-14(13)15/h11-15,17H,1-10H2. The lowest BCUT2D eigenvalue weighted by Gasteiger charge is -2.18. The van der Waals surface area contributed by atoms with Crippen molar-refractivity contribution in [1.29, 1.82) is 0 Å². The molecule has 0 heterocycles. The van der Waals surface area contributed by atoms with Crippen LogP contribution in [0.15, 0.2) is 11.8 Å². The molecule has 3 saturated carbocycles. The van der Waals surface area contributed by atoms with E-state index in [1.807, 2.05) is 0 Å². The number of hydrogen-bond acceptors (Lipinski definition) is 1. The summed E-state index contributed by atoms with van der Waals surface area (Å²) in [6.07, 6.45) is 15.7. The van der Waals surface area contributed by atoms with Crippen LogP contribution in [-0.4, -0.2) is 5.11 Å². The highest BCUT2D eigenvalue weighted by atomic mass is 16.3. The zero-order chi connectivity index (χ0) is 11.7. The average Bonchev–Trinajstić information content (AvgIpc) is 3.02. The fourth-order valence-electron chi connectivity index (χ4n) is 4.61. The third-order valence-electron chi connectivity index (χ3n) is 5.60. The summed E-state index contributed by atoms with van der Waals surface area (Å²) in [4.78, 5) is 0. The van der Waals surface area contributed by atoms with Crippen molar-refractivity contribution in [1.82, 2.24) is 0 Å². The lowest BCUT2D eigenvalue weighted by molar-refractivity contribution is 0.271. The highest BCUT2D eigenvalue weighted by molar-refractivity contribution is 5.06. The van der Waals surface area contributed by atoms with Crippen LogP contribution in [0.25, 0.3) is 0 Å². The summed E-state index contributed by atoms with van der Waals surface area (Å²) in [7, 11) is 0. The zero-order valence-electron chi connectivity index (χ0n) is 10.9. The van der Waals surface area contributed by atoms with Gasteiger partial charge in [-0.1, -0.05) is 38.5 Å².